The largest absolute Gasteiger partial charge is 0.269 e. The fourth-order valence-electron chi connectivity index (χ4n) is 2.20. The Morgan fingerprint density at radius 3 is 2.24 bits per heavy atom. The van der Waals surface area contributed by atoms with E-state index in [1.54, 1.807) is 24.3 Å². The number of non-ortho nitro benzene ring substituents is 1. The Morgan fingerprint density at radius 2 is 1.76 bits per heavy atom. The number of rotatable bonds is 7. The van der Waals surface area contributed by atoms with Gasteiger partial charge in [0.1, 0.15) is 0 Å². The van der Waals surface area contributed by atoms with Crippen molar-refractivity contribution in [3.8, 4) is 6.07 Å². The van der Waals surface area contributed by atoms with E-state index in [-0.39, 0.29) is 23.5 Å². The molecule has 0 N–H and O–H groups in total. The normalized spacial score (nSPS) is 10.7. The van der Waals surface area contributed by atoms with Crippen molar-refractivity contribution in [3.05, 3.63) is 76.9 Å². The Labute approximate surface area is 145 Å². The Kier molecular flexibility index (Phi) is 5.52. The highest BCUT2D eigenvalue weighted by molar-refractivity contribution is 7.92. The molecule has 0 saturated heterocycles. The molecule has 0 saturated carbocycles. The van der Waals surface area contributed by atoms with Crippen molar-refractivity contribution in [1.82, 2.24) is 0 Å². The lowest BCUT2D eigenvalue weighted by molar-refractivity contribution is -0.384. The van der Waals surface area contributed by atoms with Gasteiger partial charge in [-0.2, -0.15) is 5.26 Å². The number of nitrogens with zero attached hydrogens (tertiary/aromatic N) is 3. The maximum absolute atomic E-state index is 12.9. The number of hydrogen-bond acceptors (Lipinski definition) is 5. The highest BCUT2D eigenvalue weighted by atomic mass is 32.2. The van der Waals surface area contributed by atoms with Crippen LogP contribution in [0.2, 0.25) is 0 Å². The quantitative estimate of drug-likeness (QED) is 0.430. The summed E-state index contributed by atoms with van der Waals surface area (Å²) in [5.41, 5.74) is 1.01. The lowest BCUT2D eigenvalue weighted by atomic mass is 10.1. The van der Waals surface area contributed by atoms with Crippen LogP contribution in [0, 0.1) is 21.4 Å². The van der Waals surface area contributed by atoms with Crippen molar-refractivity contribution in [3.63, 3.8) is 0 Å². The van der Waals surface area contributed by atoms with Crippen molar-refractivity contribution in [2.24, 2.45) is 0 Å². The number of sulfonamides is 1. The molecule has 2 rings (SSSR count). The van der Waals surface area contributed by atoms with E-state index in [2.05, 4.69) is 6.58 Å². The van der Waals surface area contributed by atoms with Crippen LogP contribution in [0.15, 0.2) is 66.1 Å². The third kappa shape index (κ3) is 4.02. The molecular formula is C17H15N3O4S. The van der Waals surface area contributed by atoms with Crippen LogP contribution in [0.5, 0.6) is 0 Å². The summed E-state index contributed by atoms with van der Waals surface area (Å²) in [6, 6.07) is 13.3. The monoisotopic (exact) mass is 357 g/mol. The van der Waals surface area contributed by atoms with Crippen molar-refractivity contribution >= 4 is 21.4 Å². The molecule has 0 unspecified atom stereocenters. The van der Waals surface area contributed by atoms with Gasteiger partial charge in [0.2, 0.25) is 0 Å². The van der Waals surface area contributed by atoms with Crippen molar-refractivity contribution in [2.75, 3.05) is 10.8 Å². The summed E-state index contributed by atoms with van der Waals surface area (Å²) in [6.07, 6.45) is 1.68. The highest BCUT2D eigenvalue weighted by Crippen LogP contribution is 2.25. The molecule has 0 aliphatic carbocycles. The zero-order valence-corrected chi connectivity index (χ0v) is 14.0. The second kappa shape index (κ2) is 7.59. The second-order valence-corrected chi connectivity index (χ2v) is 6.94. The van der Waals surface area contributed by atoms with Gasteiger partial charge in [0.25, 0.3) is 15.7 Å². The molecule has 2 aromatic rings. The maximum Gasteiger partial charge on any atom is 0.269 e. The fourth-order valence-corrected chi connectivity index (χ4v) is 3.63. The van der Waals surface area contributed by atoms with Crippen LogP contribution < -0.4 is 4.31 Å². The van der Waals surface area contributed by atoms with Crippen LogP contribution in [0.25, 0.3) is 0 Å². The van der Waals surface area contributed by atoms with Gasteiger partial charge >= 0.3 is 0 Å². The molecular weight excluding hydrogens is 342 g/mol. The standard InChI is InChI=1S/C17H15N3O4S/c1-2-13-19(15-5-3-14(4-6-15)11-12-18)25(23,24)17-9-7-16(8-10-17)20(21)22/h2-10H,1,11,13H2. The lowest BCUT2D eigenvalue weighted by Crippen LogP contribution is -2.31. The molecule has 25 heavy (non-hydrogen) atoms. The predicted molar refractivity (Wildman–Crippen MR) is 93.6 cm³/mol. The Morgan fingerprint density at radius 1 is 1.16 bits per heavy atom. The molecule has 0 aliphatic heterocycles. The molecule has 8 heteroatoms. The third-order valence-electron chi connectivity index (χ3n) is 3.44. The SMILES string of the molecule is C=CCN(c1ccc(CC#N)cc1)S(=O)(=O)c1ccc([N+](=O)[O-])cc1. The number of nitro benzene ring substituents is 1. The van der Waals surface area contributed by atoms with E-state index in [1.165, 1.54) is 18.2 Å². The Bertz CT molecular complexity index is 914. The summed E-state index contributed by atoms with van der Waals surface area (Å²) in [7, 11) is -3.91. The van der Waals surface area contributed by atoms with Crippen LogP contribution in [0.1, 0.15) is 5.56 Å². The molecule has 0 fully saturated rings. The van der Waals surface area contributed by atoms with Gasteiger partial charge in [-0.25, -0.2) is 8.42 Å². The average molecular weight is 357 g/mol. The molecule has 7 nitrogen and oxygen atoms in total. The third-order valence-corrected chi connectivity index (χ3v) is 5.25. The first-order valence-electron chi connectivity index (χ1n) is 7.24. The number of hydrogen-bond donors (Lipinski definition) is 0. The fraction of sp³-hybridized carbons (Fsp3) is 0.118. The minimum Gasteiger partial charge on any atom is -0.263 e. The zero-order valence-electron chi connectivity index (χ0n) is 13.2. The van der Waals surface area contributed by atoms with Gasteiger partial charge in [-0.1, -0.05) is 18.2 Å². The molecule has 0 spiro atoms. The van der Waals surface area contributed by atoms with E-state index < -0.39 is 14.9 Å². The summed E-state index contributed by atoms with van der Waals surface area (Å²) in [4.78, 5) is 10.1. The molecule has 0 aromatic heterocycles. The van der Waals surface area contributed by atoms with Crippen molar-refractivity contribution < 1.29 is 13.3 Å². The molecule has 0 heterocycles. The second-order valence-electron chi connectivity index (χ2n) is 5.08. The minimum absolute atomic E-state index is 0.0386. The Balaban J connectivity index is 2.42. The molecule has 128 valence electrons. The highest BCUT2D eigenvalue weighted by Gasteiger charge is 2.24. The number of anilines is 1. The summed E-state index contributed by atoms with van der Waals surface area (Å²) < 4.78 is 26.9. The number of nitriles is 1. The van der Waals surface area contributed by atoms with Gasteiger partial charge in [0.05, 0.1) is 34.5 Å². The molecule has 2 aromatic carbocycles. The van der Waals surface area contributed by atoms with E-state index in [1.807, 2.05) is 6.07 Å². The van der Waals surface area contributed by atoms with E-state index in [9.17, 15) is 18.5 Å². The smallest absolute Gasteiger partial charge is 0.263 e. The van der Waals surface area contributed by atoms with Gasteiger partial charge in [-0.15, -0.1) is 6.58 Å². The Hall–Kier alpha value is -3.18. The zero-order chi connectivity index (χ0) is 18.4. The topological polar surface area (TPSA) is 104 Å². The number of benzene rings is 2. The molecule has 0 bridgehead atoms. The predicted octanol–water partition coefficient (Wildman–Crippen LogP) is 3.04. The minimum atomic E-state index is -3.91. The van der Waals surface area contributed by atoms with Gasteiger partial charge in [0.15, 0.2) is 0 Å². The molecule has 0 amide bonds. The van der Waals surface area contributed by atoms with Crippen LogP contribution >= 0.6 is 0 Å². The van der Waals surface area contributed by atoms with Gasteiger partial charge < -0.3 is 0 Å². The van der Waals surface area contributed by atoms with Crippen LogP contribution in [0.4, 0.5) is 11.4 Å². The first-order valence-corrected chi connectivity index (χ1v) is 8.68. The summed E-state index contributed by atoms with van der Waals surface area (Å²) in [6.45, 7) is 3.62. The molecule has 0 radical (unpaired) electrons. The molecule has 0 aliphatic rings. The van der Waals surface area contributed by atoms with Gasteiger partial charge in [-0.3, -0.25) is 14.4 Å². The van der Waals surface area contributed by atoms with E-state index in [0.29, 0.717) is 5.69 Å². The van der Waals surface area contributed by atoms with E-state index in [0.717, 1.165) is 22.0 Å². The van der Waals surface area contributed by atoms with Crippen LogP contribution in [-0.2, 0) is 16.4 Å². The molecule has 0 atom stereocenters. The van der Waals surface area contributed by atoms with Crippen molar-refractivity contribution in [2.45, 2.75) is 11.3 Å². The summed E-state index contributed by atoms with van der Waals surface area (Å²) in [5.74, 6) is 0. The number of nitro groups is 1. The van der Waals surface area contributed by atoms with Crippen LogP contribution in [0.3, 0.4) is 0 Å². The van der Waals surface area contributed by atoms with Crippen LogP contribution in [-0.4, -0.2) is 19.9 Å². The van der Waals surface area contributed by atoms with Gasteiger partial charge in [0, 0.05) is 12.1 Å². The first-order chi connectivity index (χ1) is 11.9. The summed E-state index contributed by atoms with van der Waals surface area (Å²) >= 11 is 0. The maximum atomic E-state index is 12.9. The summed E-state index contributed by atoms with van der Waals surface area (Å²) in [5, 5.41) is 19.4. The van der Waals surface area contributed by atoms with E-state index in [4.69, 9.17) is 5.26 Å². The van der Waals surface area contributed by atoms with Crippen molar-refractivity contribution in [1.29, 1.82) is 5.26 Å². The van der Waals surface area contributed by atoms with Gasteiger partial charge in [-0.05, 0) is 29.8 Å². The first kappa shape index (κ1) is 18.2. The van der Waals surface area contributed by atoms with E-state index >= 15 is 0 Å². The lowest BCUT2D eigenvalue weighted by Gasteiger charge is -2.23. The average Bonchev–Trinajstić information content (AvgIpc) is 2.61.